The molecule has 0 aliphatic rings. The minimum atomic E-state index is -3.32. The standard InChI is InChI=1S/C15H23FN2O3S/c1-12(2)11-18(22(3,20)21)9-8-15(19)17-10-13-4-6-14(16)7-5-13/h4-7,12H,8-11H2,1-3H3,(H,17,19). The normalized spacial score (nSPS) is 11.9. The van der Waals surface area contributed by atoms with Gasteiger partial charge in [0.1, 0.15) is 5.82 Å². The summed E-state index contributed by atoms with van der Waals surface area (Å²) in [5.74, 6) is -0.369. The Balaban J connectivity index is 2.45. The number of hydrogen-bond donors (Lipinski definition) is 1. The van der Waals surface area contributed by atoms with Crippen molar-refractivity contribution in [3.63, 3.8) is 0 Å². The Bertz CT molecular complexity index is 585. The van der Waals surface area contributed by atoms with Crippen LogP contribution in [0.4, 0.5) is 4.39 Å². The van der Waals surface area contributed by atoms with Crippen molar-refractivity contribution in [1.29, 1.82) is 0 Å². The van der Waals surface area contributed by atoms with Gasteiger partial charge in [0, 0.05) is 26.1 Å². The molecule has 0 radical (unpaired) electrons. The summed E-state index contributed by atoms with van der Waals surface area (Å²) in [4.78, 5) is 11.8. The topological polar surface area (TPSA) is 66.5 Å². The van der Waals surface area contributed by atoms with E-state index in [2.05, 4.69) is 5.32 Å². The van der Waals surface area contributed by atoms with Gasteiger partial charge in [-0.2, -0.15) is 0 Å². The molecule has 1 N–H and O–H groups in total. The first-order valence-electron chi connectivity index (χ1n) is 7.14. The van der Waals surface area contributed by atoms with Crippen LogP contribution in [0.1, 0.15) is 25.8 Å². The molecule has 0 bridgehead atoms. The van der Waals surface area contributed by atoms with E-state index in [0.29, 0.717) is 13.1 Å². The molecule has 1 amide bonds. The second kappa shape index (κ2) is 8.24. The second-order valence-corrected chi connectivity index (χ2v) is 7.65. The van der Waals surface area contributed by atoms with Crippen LogP contribution in [0.25, 0.3) is 0 Å². The molecule has 0 saturated heterocycles. The van der Waals surface area contributed by atoms with Crippen molar-refractivity contribution in [3.05, 3.63) is 35.6 Å². The van der Waals surface area contributed by atoms with Crippen molar-refractivity contribution in [1.82, 2.24) is 9.62 Å². The average molecular weight is 330 g/mol. The van der Waals surface area contributed by atoms with Crippen LogP contribution in [0, 0.1) is 11.7 Å². The summed E-state index contributed by atoms with van der Waals surface area (Å²) in [6.07, 6.45) is 1.24. The van der Waals surface area contributed by atoms with Crippen LogP contribution >= 0.6 is 0 Å². The van der Waals surface area contributed by atoms with E-state index in [9.17, 15) is 17.6 Å². The van der Waals surface area contributed by atoms with E-state index in [1.807, 2.05) is 13.8 Å². The van der Waals surface area contributed by atoms with Crippen LogP contribution in [0.5, 0.6) is 0 Å². The highest BCUT2D eigenvalue weighted by atomic mass is 32.2. The van der Waals surface area contributed by atoms with Gasteiger partial charge in [0.25, 0.3) is 0 Å². The number of rotatable bonds is 8. The van der Waals surface area contributed by atoms with Crippen LogP contribution in [0.15, 0.2) is 24.3 Å². The number of carbonyl (C=O) groups excluding carboxylic acids is 1. The maximum Gasteiger partial charge on any atom is 0.221 e. The van der Waals surface area contributed by atoms with Crippen molar-refractivity contribution in [2.75, 3.05) is 19.3 Å². The molecule has 1 rings (SSSR count). The van der Waals surface area contributed by atoms with Crippen molar-refractivity contribution >= 4 is 15.9 Å². The lowest BCUT2D eigenvalue weighted by molar-refractivity contribution is -0.121. The van der Waals surface area contributed by atoms with E-state index in [1.54, 1.807) is 12.1 Å². The third-order valence-corrected chi connectivity index (χ3v) is 4.30. The summed E-state index contributed by atoms with van der Waals surface area (Å²) in [6.45, 7) is 4.69. The van der Waals surface area contributed by atoms with Crippen molar-refractivity contribution in [2.24, 2.45) is 5.92 Å². The predicted octanol–water partition coefficient (Wildman–Crippen LogP) is 1.75. The van der Waals surface area contributed by atoms with Crippen LogP contribution in [0.3, 0.4) is 0 Å². The fourth-order valence-corrected chi connectivity index (χ4v) is 2.91. The average Bonchev–Trinajstić information content (AvgIpc) is 2.41. The largest absolute Gasteiger partial charge is 0.352 e. The highest BCUT2D eigenvalue weighted by molar-refractivity contribution is 7.88. The van der Waals surface area contributed by atoms with Crippen molar-refractivity contribution in [2.45, 2.75) is 26.8 Å². The number of carbonyl (C=O) groups is 1. The van der Waals surface area contributed by atoms with Gasteiger partial charge in [-0.15, -0.1) is 0 Å². The van der Waals surface area contributed by atoms with Gasteiger partial charge >= 0.3 is 0 Å². The van der Waals surface area contributed by atoms with E-state index < -0.39 is 10.0 Å². The molecular weight excluding hydrogens is 307 g/mol. The van der Waals surface area contributed by atoms with Gasteiger partial charge in [-0.1, -0.05) is 26.0 Å². The van der Waals surface area contributed by atoms with Crippen LogP contribution in [-0.4, -0.2) is 38.0 Å². The SMILES string of the molecule is CC(C)CN(CCC(=O)NCc1ccc(F)cc1)S(C)(=O)=O. The predicted molar refractivity (Wildman–Crippen MR) is 84.1 cm³/mol. The van der Waals surface area contributed by atoms with Gasteiger partial charge in [-0.25, -0.2) is 17.1 Å². The lowest BCUT2D eigenvalue weighted by Gasteiger charge is -2.21. The molecule has 0 aliphatic carbocycles. The molecule has 1 aromatic carbocycles. The van der Waals surface area contributed by atoms with Gasteiger partial charge in [0.2, 0.25) is 15.9 Å². The maximum absolute atomic E-state index is 12.8. The minimum Gasteiger partial charge on any atom is -0.352 e. The van der Waals surface area contributed by atoms with Crippen LogP contribution in [-0.2, 0) is 21.4 Å². The summed E-state index contributed by atoms with van der Waals surface area (Å²) in [6, 6.07) is 5.85. The smallest absolute Gasteiger partial charge is 0.221 e. The Morgan fingerprint density at radius 2 is 1.86 bits per heavy atom. The molecular formula is C15H23FN2O3S. The Morgan fingerprint density at radius 3 is 2.36 bits per heavy atom. The zero-order chi connectivity index (χ0) is 16.8. The maximum atomic E-state index is 12.8. The van der Waals surface area contributed by atoms with Gasteiger partial charge in [-0.3, -0.25) is 4.79 Å². The number of hydrogen-bond acceptors (Lipinski definition) is 3. The molecule has 1 aromatic rings. The summed E-state index contributed by atoms with van der Waals surface area (Å²) in [5.41, 5.74) is 0.789. The van der Waals surface area contributed by atoms with E-state index in [-0.39, 0.29) is 30.6 Å². The van der Waals surface area contributed by atoms with Crippen molar-refractivity contribution in [3.8, 4) is 0 Å². The molecule has 0 unspecified atom stereocenters. The number of nitrogens with zero attached hydrogens (tertiary/aromatic N) is 1. The number of benzene rings is 1. The van der Waals surface area contributed by atoms with Gasteiger partial charge in [-0.05, 0) is 23.6 Å². The first-order valence-corrected chi connectivity index (χ1v) is 8.99. The lowest BCUT2D eigenvalue weighted by Crippen LogP contribution is -2.36. The third-order valence-electron chi connectivity index (χ3n) is 3.03. The van der Waals surface area contributed by atoms with E-state index in [4.69, 9.17) is 0 Å². The van der Waals surface area contributed by atoms with E-state index >= 15 is 0 Å². The molecule has 0 spiro atoms. The first-order chi connectivity index (χ1) is 10.2. The zero-order valence-electron chi connectivity index (χ0n) is 13.2. The Morgan fingerprint density at radius 1 is 1.27 bits per heavy atom. The summed E-state index contributed by atoms with van der Waals surface area (Å²) in [7, 11) is -3.32. The third kappa shape index (κ3) is 7.00. The molecule has 0 heterocycles. The highest BCUT2D eigenvalue weighted by Crippen LogP contribution is 2.06. The Labute approximate surface area is 131 Å². The van der Waals surface area contributed by atoms with Crippen LogP contribution in [0.2, 0.25) is 0 Å². The number of halogens is 1. The van der Waals surface area contributed by atoms with Crippen LogP contribution < -0.4 is 5.32 Å². The second-order valence-electron chi connectivity index (χ2n) is 5.67. The molecule has 0 fully saturated rings. The minimum absolute atomic E-state index is 0.0982. The van der Waals surface area contributed by atoms with Gasteiger partial charge in [0.15, 0.2) is 0 Å². The van der Waals surface area contributed by atoms with Crippen molar-refractivity contribution < 1.29 is 17.6 Å². The van der Waals surface area contributed by atoms with E-state index in [0.717, 1.165) is 11.8 Å². The summed E-state index contributed by atoms with van der Waals surface area (Å²) >= 11 is 0. The Kier molecular flexibility index (Phi) is 6.96. The van der Waals surface area contributed by atoms with Gasteiger partial charge in [0.05, 0.1) is 6.26 Å². The fourth-order valence-electron chi connectivity index (χ4n) is 1.92. The molecule has 0 aliphatic heterocycles. The van der Waals surface area contributed by atoms with E-state index in [1.165, 1.54) is 16.4 Å². The molecule has 0 atom stereocenters. The summed E-state index contributed by atoms with van der Waals surface area (Å²) < 4.78 is 37.4. The molecule has 7 heteroatoms. The highest BCUT2D eigenvalue weighted by Gasteiger charge is 2.18. The molecule has 0 saturated carbocycles. The first kappa shape index (κ1) is 18.6. The quantitative estimate of drug-likeness (QED) is 0.790. The Hall–Kier alpha value is -1.47. The number of amides is 1. The zero-order valence-corrected chi connectivity index (χ0v) is 14.0. The molecule has 5 nitrogen and oxygen atoms in total. The number of nitrogens with one attached hydrogen (secondary N) is 1. The summed E-state index contributed by atoms with van der Waals surface area (Å²) in [5, 5.41) is 2.70. The molecule has 124 valence electrons. The molecule has 0 aromatic heterocycles. The number of sulfonamides is 1. The molecule has 22 heavy (non-hydrogen) atoms. The fraction of sp³-hybridized carbons (Fsp3) is 0.533. The lowest BCUT2D eigenvalue weighted by atomic mass is 10.2. The van der Waals surface area contributed by atoms with Gasteiger partial charge < -0.3 is 5.32 Å². The monoisotopic (exact) mass is 330 g/mol.